The van der Waals surface area contributed by atoms with Crippen LogP contribution in [-0.4, -0.2) is 15.7 Å². The van der Waals surface area contributed by atoms with E-state index < -0.39 is 0 Å². The van der Waals surface area contributed by atoms with Crippen LogP contribution in [0.4, 0.5) is 0 Å². The molecular weight excluding hydrogens is 500 g/mol. The largest absolute Gasteiger partial charge is 0.490 e. The fourth-order valence-corrected chi connectivity index (χ4v) is 6.00. The van der Waals surface area contributed by atoms with Crippen LogP contribution in [0.2, 0.25) is 0 Å². The molecule has 1 aromatic heterocycles. The summed E-state index contributed by atoms with van der Waals surface area (Å²) in [7, 11) is 0. The normalized spacial score (nSPS) is 11.6. The number of fused-ring (bicyclic) bond motifs is 6. The van der Waals surface area contributed by atoms with E-state index in [2.05, 4.69) is 97.4 Å². The van der Waals surface area contributed by atoms with E-state index in [0.29, 0.717) is 0 Å². The molecule has 212 valence electrons. The van der Waals surface area contributed by atoms with E-state index in [1.165, 1.54) is 59.2 Å². The number of imidazole rings is 1. The van der Waals surface area contributed by atoms with Gasteiger partial charge in [-0.15, -0.1) is 13.2 Å². The summed E-state index contributed by atoms with van der Waals surface area (Å²) in [6, 6.07) is 26.1. The first-order valence-electron chi connectivity index (χ1n) is 15.5. The van der Waals surface area contributed by atoms with Crippen LogP contribution < -0.4 is 4.74 Å². The minimum Gasteiger partial charge on any atom is -0.490 e. The Labute approximate surface area is 245 Å². The lowest BCUT2D eigenvalue weighted by atomic mass is 10.00. The molecule has 3 heteroatoms. The summed E-state index contributed by atoms with van der Waals surface area (Å²) in [5.74, 6) is 1.94. The van der Waals surface area contributed by atoms with Crippen molar-refractivity contribution < 1.29 is 4.74 Å². The quantitative estimate of drug-likeness (QED) is 0.0701. The molecule has 0 unspecified atom stereocenters. The Morgan fingerprint density at radius 3 is 1.98 bits per heavy atom. The van der Waals surface area contributed by atoms with Gasteiger partial charge in [0.25, 0.3) is 0 Å². The zero-order chi connectivity index (χ0) is 28.4. The highest BCUT2D eigenvalue weighted by atomic mass is 16.5. The Kier molecular flexibility index (Phi) is 9.91. The number of hydrogen-bond acceptors (Lipinski definition) is 2. The molecule has 0 amide bonds. The Hall–Kier alpha value is -3.85. The highest BCUT2D eigenvalue weighted by Crippen LogP contribution is 2.38. The lowest BCUT2D eigenvalue weighted by Gasteiger charge is -2.18. The molecule has 0 aliphatic carbocycles. The van der Waals surface area contributed by atoms with E-state index >= 15 is 0 Å². The van der Waals surface area contributed by atoms with Gasteiger partial charge in [0.1, 0.15) is 11.6 Å². The maximum atomic E-state index is 6.40. The van der Waals surface area contributed by atoms with Gasteiger partial charge in [0, 0.05) is 22.9 Å². The maximum absolute atomic E-state index is 6.40. The standard InChI is InChI=1S/C38H44N2O/c1-4-7-10-11-12-17-28-40-37-35-23-16-14-21-33(35)32-20-13-15-22-34(32)36(37)39-38(40)29-24-26-31(27-25-29)41-30(18-8-5-2)19-9-6-3/h5-6,13-16,20-27,30H,2-4,7-12,17-19,28H2,1H3. The molecule has 4 aromatic carbocycles. The molecular formula is C38H44N2O. The number of rotatable bonds is 16. The summed E-state index contributed by atoms with van der Waals surface area (Å²) in [5, 5.41) is 5.05. The monoisotopic (exact) mass is 544 g/mol. The van der Waals surface area contributed by atoms with Gasteiger partial charge in [-0.3, -0.25) is 0 Å². The summed E-state index contributed by atoms with van der Waals surface area (Å²) in [5.41, 5.74) is 3.47. The minimum absolute atomic E-state index is 0.159. The lowest BCUT2D eigenvalue weighted by molar-refractivity contribution is 0.183. The summed E-state index contributed by atoms with van der Waals surface area (Å²) in [4.78, 5) is 5.36. The zero-order valence-corrected chi connectivity index (χ0v) is 24.7. The van der Waals surface area contributed by atoms with Crippen LogP contribution in [-0.2, 0) is 6.54 Å². The molecule has 0 fully saturated rings. The van der Waals surface area contributed by atoms with Gasteiger partial charge in [0.15, 0.2) is 0 Å². The van der Waals surface area contributed by atoms with Crippen molar-refractivity contribution in [3.63, 3.8) is 0 Å². The van der Waals surface area contributed by atoms with Gasteiger partial charge < -0.3 is 9.30 Å². The van der Waals surface area contributed by atoms with Gasteiger partial charge in [-0.2, -0.15) is 0 Å². The first kappa shape index (κ1) is 28.7. The number of hydrogen-bond donors (Lipinski definition) is 0. The third-order valence-electron chi connectivity index (χ3n) is 8.16. The van der Waals surface area contributed by atoms with Crippen molar-refractivity contribution in [1.29, 1.82) is 0 Å². The van der Waals surface area contributed by atoms with E-state index in [9.17, 15) is 0 Å². The average molecular weight is 545 g/mol. The van der Waals surface area contributed by atoms with Gasteiger partial charge in [-0.25, -0.2) is 4.98 Å². The predicted octanol–water partition coefficient (Wildman–Crippen LogP) is 11.0. The van der Waals surface area contributed by atoms with Crippen LogP contribution in [0, 0.1) is 0 Å². The van der Waals surface area contributed by atoms with Crippen molar-refractivity contribution >= 4 is 32.6 Å². The summed E-state index contributed by atoms with van der Waals surface area (Å²) in [6.45, 7) is 11.0. The molecule has 0 aliphatic heterocycles. The Bertz CT molecular complexity index is 1580. The molecule has 1 heterocycles. The third-order valence-corrected chi connectivity index (χ3v) is 8.16. The molecule has 0 radical (unpaired) electrons. The Morgan fingerprint density at radius 1 is 0.732 bits per heavy atom. The second kappa shape index (κ2) is 14.2. The molecule has 3 nitrogen and oxygen atoms in total. The fraction of sp³-hybridized carbons (Fsp3) is 0.342. The Balaban J connectivity index is 1.54. The molecule has 0 aliphatic rings. The van der Waals surface area contributed by atoms with Crippen molar-refractivity contribution in [1.82, 2.24) is 9.55 Å². The summed E-state index contributed by atoms with van der Waals surface area (Å²) < 4.78 is 8.89. The van der Waals surface area contributed by atoms with Gasteiger partial charge >= 0.3 is 0 Å². The summed E-state index contributed by atoms with van der Waals surface area (Å²) in [6.07, 6.45) is 15.5. The van der Waals surface area contributed by atoms with Crippen LogP contribution in [0.3, 0.4) is 0 Å². The van der Waals surface area contributed by atoms with Gasteiger partial charge in [0.2, 0.25) is 0 Å². The minimum atomic E-state index is 0.159. The van der Waals surface area contributed by atoms with E-state index in [0.717, 1.165) is 61.3 Å². The predicted molar refractivity (Wildman–Crippen MR) is 177 cm³/mol. The van der Waals surface area contributed by atoms with Crippen molar-refractivity contribution in [2.24, 2.45) is 0 Å². The van der Waals surface area contributed by atoms with Gasteiger partial charge in [-0.05, 0) is 67.1 Å². The van der Waals surface area contributed by atoms with Crippen LogP contribution in [0.1, 0.15) is 71.1 Å². The van der Waals surface area contributed by atoms with Gasteiger partial charge in [-0.1, -0.05) is 99.7 Å². The third kappa shape index (κ3) is 6.56. The molecule has 0 spiro atoms. The van der Waals surface area contributed by atoms with Crippen LogP contribution in [0.5, 0.6) is 5.75 Å². The fourth-order valence-electron chi connectivity index (χ4n) is 6.00. The molecule has 5 rings (SSSR count). The first-order chi connectivity index (χ1) is 20.2. The number of unbranched alkanes of at least 4 members (excludes halogenated alkanes) is 5. The van der Waals surface area contributed by atoms with Crippen molar-refractivity contribution in [3.8, 4) is 17.1 Å². The Morgan fingerprint density at radius 2 is 1.32 bits per heavy atom. The molecule has 5 aromatic rings. The van der Waals surface area contributed by atoms with Crippen molar-refractivity contribution in [2.75, 3.05) is 0 Å². The molecule has 0 N–H and O–H groups in total. The van der Waals surface area contributed by atoms with E-state index in [4.69, 9.17) is 9.72 Å². The smallest absolute Gasteiger partial charge is 0.141 e. The number of allylic oxidation sites excluding steroid dienone is 2. The second-order valence-electron chi connectivity index (χ2n) is 11.1. The van der Waals surface area contributed by atoms with E-state index in [1.807, 2.05) is 12.2 Å². The average Bonchev–Trinajstić information content (AvgIpc) is 3.40. The van der Waals surface area contributed by atoms with Crippen LogP contribution in [0.15, 0.2) is 98.1 Å². The number of benzene rings is 4. The highest BCUT2D eigenvalue weighted by Gasteiger charge is 2.19. The van der Waals surface area contributed by atoms with E-state index in [1.54, 1.807) is 0 Å². The number of aryl methyl sites for hydroxylation is 1. The van der Waals surface area contributed by atoms with Crippen molar-refractivity contribution in [2.45, 2.75) is 83.8 Å². The first-order valence-corrected chi connectivity index (χ1v) is 15.5. The molecule has 0 saturated carbocycles. The molecule has 0 atom stereocenters. The maximum Gasteiger partial charge on any atom is 0.141 e. The van der Waals surface area contributed by atoms with Crippen LogP contribution >= 0.6 is 0 Å². The topological polar surface area (TPSA) is 27.1 Å². The number of nitrogens with zero attached hydrogens (tertiary/aromatic N) is 2. The van der Waals surface area contributed by atoms with Crippen molar-refractivity contribution in [3.05, 3.63) is 98.1 Å². The lowest BCUT2D eigenvalue weighted by Crippen LogP contribution is -2.16. The number of aromatic nitrogens is 2. The molecule has 0 saturated heterocycles. The summed E-state index contributed by atoms with van der Waals surface area (Å²) >= 11 is 0. The SMILES string of the molecule is C=CCCC(CCC=C)Oc1ccc(-c2nc3c4ccccc4c4ccccc4c3n2CCCCCCCC)cc1. The van der Waals surface area contributed by atoms with Crippen LogP contribution in [0.25, 0.3) is 44.0 Å². The highest BCUT2D eigenvalue weighted by molar-refractivity contribution is 6.23. The zero-order valence-electron chi connectivity index (χ0n) is 24.7. The van der Waals surface area contributed by atoms with Gasteiger partial charge in [0.05, 0.1) is 17.1 Å². The molecule has 41 heavy (non-hydrogen) atoms. The number of ether oxygens (including phenoxy) is 1. The molecule has 0 bridgehead atoms. The second-order valence-corrected chi connectivity index (χ2v) is 11.1. The van der Waals surface area contributed by atoms with E-state index in [-0.39, 0.29) is 6.10 Å².